The van der Waals surface area contributed by atoms with E-state index in [1.807, 2.05) is 0 Å². The van der Waals surface area contributed by atoms with Gasteiger partial charge in [0.2, 0.25) is 0 Å². The molecular weight excluding hydrogens is 200 g/mol. The fraction of sp³-hybridized carbons (Fsp3) is 0.800. The van der Waals surface area contributed by atoms with E-state index in [0.29, 0.717) is 25.9 Å². The second-order valence-corrected chi connectivity index (χ2v) is 3.30. The van der Waals surface area contributed by atoms with Crippen LogP contribution in [-0.4, -0.2) is 34.9 Å². The van der Waals surface area contributed by atoms with Gasteiger partial charge in [-0.15, -0.1) is 0 Å². The van der Waals surface area contributed by atoms with Gasteiger partial charge in [-0.25, -0.2) is 0 Å². The van der Waals surface area contributed by atoms with Crippen molar-refractivity contribution in [3.05, 3.63) is 0 Å². The van der Waals surface area contributed by atoms with Crippen LogP contribution in [-0.2, 0) is 14.3 Å². The molecule has 0 unspecified atom stereocenters. The number of ether oxygens (including phenoxy) is 1. The quantitative estimate of drug-likeness (QED) is 0.468. The number of rotatable bonds is 8. The molecule has 0 saturated heterocycles. The zero-order valence-corrected chi connectivity index (χ0v) is 8.94. The molecule has 0 aromatic rings. The number of hydrogen-bond donors (Lipinski definition) is 2. The number of aliphatic hydroxyl groups excluding tert-OH is 1. The van der Waals surface area contributed by atoms with E-state index in [9.17, 15) is 14.7 Å². The van der Waals surface area contributed by atoms with Crippen molar-refractivity contribution in [3.63, 3.8) is 0 Å². The van der Waals surface area contributed by atoms with E-state index in [1.54, 1.807) is 6.92 Å². The molecule has 5 heteroatoms. The lowest BCUT2D eigenvalue weighted by molar-refractivity contribution is -0.145. The first kappa shape index (κ1) is 13.9. The average molecular weight is 218 g/mol. The highest BCUT2D eigenvalue weighted by Gasteiger charge is 2.11. The van der Waals surface area contributed by atoms with Gasteiger partial charge >= 0.3 is 11.9 Å². The van der Waals surface area contributed by atoms with Crippen molar-refractivity contribution >= 4 is 11.9 Å². The molecule has 0 radical (unpaired) electrons. The summed E-state index contributed by atoms with van der Waals surface area (Å²) < 4.78 is 4.66. The van der Waals surface area contributed by atoms with E-state index in [0.717, 1.165) is 0 Å². The van der Waals surface area contributed by atoms with E-state index in [4.69, 9.17) is 5.11 Å². The summed E-state index contributed by atoms with van der Waals surface area (Å²) in [4.78, 5) is 21.1. The molecule has 0 bridgehead atoms. The van der Waals surface area contributed by atoms with Gasteiger partial charge in [-0.2, -0.15) is 0 Å². The molecule has 5 nitrogen and oxygen atoms in total. The SMILES string of the molecule is CCOC(=O)C[C@@H](O)CCCCC(=O)O. The Kier molecular flexibility index (Phi) is 7.62. The third-order valence-corrected chi connectivity index (χ3v) is 1.89. The van der Waals surface area contributed by atoms with Crippen LogP contribution in [0.2, 0.25) is 0 Å². The van der Waals surface area contributed by atoms with E-state index in [1.165, 1.54) is 0 Å². The lowest BCUT2D eigenvalue weighted by atomic mass is 10.1. The normalized spacial score (nSPS) is 12.1. The zero-order valence-electron chi connectivity index (χ0n) is 8.94. The Morgan fingerprint density at radius 3 is 2.53 bits per heavy atom. The maximum atomic E-state index is 10.9. The molecule has 0 aliphatic rings. The Bertz CT molecular complexity index is 202. The molecule has 0 fully saturated rings. The van der Waals surface area contributed by atoms with Crippen molar-refractivity contribution in [1.29, 1.82) is 0 Å². The van der Waals surface area contributed by atoms with E-state index in [2.05, 4.69) is 4.74 Å². The van der Waals surface area contributed by atoms with Crippen molar-refractivity contribution in [3.8, 4) is 0 Å². The van der Waals surface area contributed by atoms with Crippen LogP contribution in [0, 0.1) is 0 Å². The highest BCUT2D eigenvalue weighted by atomic mass is 16.5. The molecule has 2 N–H and O–H groups in total. The highest BCUT2D eigenvalue weighted by molar-refractivity contribution is 5.69. The van der Waals surface area contributed by atoms with Gasteiger partial charge in [0.1, 0.15) is 0 Å². The Morgan fingerprint density at radius 1 is 1.33 bits per heavy atom. The summed E-state index contributed by atoms with van der Waals surface area (Å²) in [6.45, 7) is 2.02. The minimum Gasteiger partial charge on any atom is -0.481 e. The Morgan fingerprint density at radius 2 is 2.00 bits per heavy atom. The van der Waals surface area contributed by atoms with Gasteiger partial charge in [0.15, 0.2) is 0 Å². The molecule has 0 aliphatic heterocycles. The third kappa shape index (κ3) is 9.21. The largest absolute Gasteiger partial charge is 0.481 e. The minimum atomic E-state index is -0.838. The van der Waals surface area contributed by atoms with Crippen LogP contribution < -0.4 is 0 Å². The van der Waals surface area contributed by atoms with E-state index < -0.39 is 18.0 Å². The van der Waals surface area contributed by atoms with Crippen molar-refractivity contribution in [1.82, 2.24) is 0 Å². The number of carboxylic acids is 1. The van der Waals surface area contributed by atoms with Crippen LogP contribution in [0.4, 0.5) is 0 Å². The van der Waals surface area contributed by atoms with Gasteiger partial charge in [0.05, 0.1) is 19.1 Å². The molecule has 0 aliphatic carbocycles. The molecule has 15 heavy (non-hydrogen) atoms. The third-order valence-electron chi connectivity index (χ3n) is 1.89. The summed E-state index contributed by atoms with van der Waals surface area (Å²) in [5.41, 5.74) is 0. The number of aliphatic hydroxyl groups is 1. The summed E-state index contributed by atoms with van der Waals surface area (Å²) in [7, 11) is 0. The zero-order chi connectivity index (χ0) is 11.7. The fourth-order valence-electron chi connectivity index (χ4n) is 1.17. The Balaban J connectivity index is 3.44. The van der Waals surface area contributed by atoms with Crippen LogP contribution in [0.5, 0.6) is 0 Å². The molecule has 0 spiro atoms. The smallest absolute Gasteiger partial charge is 0.308 e. The van der Waals surface area contributed by atoms with Gasteiger partial charge in [-0.05, 0) is 19.8 Å². The molecular formula is C10H18O5. The number of carboxylic acid groups (broad SMARTS) is 1. The first-order valence-corrected chi connectivity index (χ1v) is 5.11. The molecule has 88 valence electrons. The molecule has 0 heterocycles. The Labute approximate surface area is 89.0 Å². The summed E-state index contributed by atoms with van der Waals surface area (Å²) in [5, 5.41) is 17.7. The molecule has 0 aromatic heterocycles. The topological polar surface area (TPSA) is 83.8 Å². The second-order valence-electron chi connectivity index (χ2n) is 3.30. The lowest BCUT2D eigenvalue weighted by Crippen LogP contribution is -2.15. The monoisotopic (exact) mass is 218 g/mol. The van der Waals surface area contributed by atoms with Gasteiger partial charge in [0, 0.05) is 6.42 Å². The van der Waals surface area contributed by atoms with Gasteiger partial charge < -0.3 is 14.9 Å². The van der Waals surface area contributed by atoms with Crippen molar-refractivity contribution in [2.75, 3.05) is 6.61 Å². The molecule has 1 atom stereocenters. The first-order chi connectivity index (χ1) is 7.06. The predicted octanol–water partition coefficient (Wildman–Crippen LogP) is 0.946. The van der Waals surface area contributed by atoms with Crippen LogP contribution in [0.25, 0.3) is 0 Å². The fourth-order valence-corrected chi connectivity index (χ4v) is 1.17. The average Bonchev–Trinajstić information content (AvgIpc) is 2.12. The first-order valence-electron chi connectivity index (χ1n) is 5.11. The Hall–Kier alpha value is -1.10. The maximum absolute atomic E-state index is 10.9. The predicted molar refractivity (Wildman–Crippen MR) is 53.4 cm³/mol. The number of esters is 1. The number of hydrogen-bond acceptors (Lipinski definition) is 4. The van der Waals surface area contributed by atoms with Crippen LogP contribution >= 0.6 is 0 Å². The number of carbonyl (C=O) groups excluding carboxylic acids is 1. The van der Waals surface area contributed by atoms with Gasteiger partial charge in [0.25, 0.3) is 0 Å². The molecule has 0 saturated carbocycles. The van der Waals surface area contributed by atoms with Gasteiger partial charge in [-0.1, -0.05) is 6.42 Å². The number of aliphatic carboxylic acids is 1. The van der Waals surface area contributed by atoms with E-state index in [-0.39, 0.29) is 12.8 Å². The summed E-state index contributed by atoms with van der Waals surface area (Å²) in [5.74, 6) is -1.25. The second kappa shape index (κ2) is 8.23. The molecule has 0 rings (SSSR count). The van der Waals surface area contributed by atoms with Crippen molar-refractivity contribution in [2.45, 2.75) is 45.1 Å². The summed E-state index contributed by atoms with van der Waals surface area (Å²) >= 11 is 0. The van der Waals surface area contributed by atoms with Crippen LogP contribution in [0.3, 0.4) is 0 Å². The van der Waals surface area contributed by atoms with Crippen LogP contribution in [0.1, 0.15) is 39.0 Å². The lowest BCUT2D eigenvalue weighted by Gasteiger charge is -2.08. The van der Waals surface area contributed by atoms with Crippen molar-refractivity contribution in [2.24, 2.45) is 0 Å². The van der Waals surface area contributed by atoms with Gasteiger partial charge in [-0.3, -0.25) is 9.59 Å². The number of unbranched alkanes of at least 4 members (excludes halogenated alkanes) is 1. The number of carbonyl (C=O) groups is 2. The highest BCUT2D eigenvalue weighted by Crippen LogP contribution is 2.07. The van der Waals surface area contributed by atoms with Crippen LogP contribution in [0.15, 0.2) is 0 Å². The standard InChI is InChI=1S/C10H18O5/c1-2-15-10(14)7-8(11)5-3-4-6-9(12)13/h8,11H,2-7H2,1H3,(H,12,13)/t8-/m0/s1. The minimum absolute atomic E-state index is 0.0130. The maximum Gasteiger partial charge on any atom is 0.308 e. The summed E-state index contributed by atoms with van der Waals surface area (Å²) in [6.07, 6.45) is 0.930. The van der Waals surface area contributed by atoms with E-state index >= 15 is 0 Å². The summed E-state index contributed by atoms with van der Waals surface area (Å²) in [6, 6.07) is 0. The van der Waals surface area contributed by atoms with Crippen molar-refractivity contribution < 1.29 is 24.5 Å². The molecule has 0 aromatic carbocycles. The molecule has 0 amide bonds.